The molecular formula is C60H37NO2. The van der Waals surface area contributed by atoms with Crippen LogP contribution in [0.1, 0.15) is 0 Å². The summed E-state index contributed by atoms with van der Waals surface area (Å²) in [5.41, 5.74) is 13.4. The van der Waals surface area contributed by atoms with Gasteiger partial charge in [0.2, 0.25) is 0 Å². The average Bonchev–Trinajstić information content (AvgIpc) is 3.93. The van der Waals surface area contributed by atoms with Gasteiger partial charge in [-0.15, -0.1) is 0 Å². The van der Waals surface area contributed by atoms with Crippen LogP contribution in [-0.2, 0) is 0 Å². The summed E-state index contributed by atoms with van der Waals surface area (Å²) < 4.78 is 13.6. The van der Waals surface area contributed by atoms with Gasteiger partial charge in [0.25, 0.3) is 0 Å². The molecule has 0 spiro atoms. The molecule has 63 heavy (non-hydrogen) atoms. The highest BCUT2D eigenvalue weighted by Crippen LogP contribution is 2.49. The van der Waals surface area contributed by atoms with Gasteiger partial charge in [-0.1, -0.05) is 176 Å². The van der Waals surface area contributed by atoms with Crippen molar-refractivity contribution >= 4 is 93.3 Å². The van der Waals surface area contributed by atoms with Gasteiger partial charge in [-0.05, 0) is 97.7 Å². The van der Waals surface area contributed by atoms with Crippen molar-refractivity contribution in [3.8, 4) is 33.4 Å². The summed E-state index contributed by atoms with van der Waals surface area (Å²) in [4.78, 5) is 2.42. The summed E-state index contributed by atoms with van der Waals surface area (Å²) in [6.07, 6.45) is 0. The van der Waals surface area contributed by atoms with Crippen LogP contribution in [0.2, 0.25) is 0 Å². The Morgan fingerprint density at radius 1 is 0.286 bits per heavy atom. The van der Waals surface area contributed by atoms with Gasteiger partial charge in [0.1, 0.15) is 22.3 Å². The first kappa shape index (κ1) is 35.4. The highest BCUT2D eigenvalue weighted by molar-refractivity contribution is 6.20. The number of nitrogens with zero attached hydrogens (tertiary/aromatic N) is 1. The molecule has 0 aliphatic carbocycles. The molecule has 0 unspecified atom stereocenters. The minimum atomic E-state index is 0.859. The van der Waals surface area contributed by atoms with Crippen LogP contribution in [0.15, 0.2) is 233 Å². The zero-order chi connectivity index (χ0) is 41.4. The molecule has 0 radical (unpaired) electrons. The van der Waals surface area contributed by atoms with E-state index in [1.54, 1.807) is 0 Å². The number of para-hydroxylation sites is 2. The van der Waals surface area contributed by atoms with Crippen LogP contribution >= 0.6 is 0 Å². The molecule has 0 amide bonds. The highest BCUT2D eigenvalue weighted by atomic mass is 16.3. The SMILES string of the molecule is c1ccc(-c2cccc3c2oc2cc(-c4ccc(N(c5cccc6c5ccc5ccccc56)c5ccc(-c6cccc7ccccc67)c6oc7ccccc7c56)cc4)ccc23)cc1. The molecule has 0 aliphatic heterocycles. The van der Waals surface area contributed by atoms with Crippen molar-refractivity contribution in [2.24, 2.45) is 0 Å². The van der Waals surface area contributed by atoms with Crippen LogP contribution in [0.3, 0.4) is 0 Å². The number of hydrogen-bond acceptors (Lipinski definition) is 3. The summed E-state index contributed by atoms with van der Waals surface area (Å²) in [6.45, 7) is 0. The van der Waals surface area contributed by atoms with Crippen molar-refractivity contribution in [2.75, 3.05) is 4.90 Å². The maximum atomic E-state index is 6.93. The van der Waals surface area contributed by atoms with E-state index in [1.807, 2.05) is 6.07 Å². The molecule has 3 nitrogen and oxygen atoms in total. The third-order valence-electron chi connectivity index (χ3n) is 12.9. The van der Waals surface area contributed by atoms with Gasteiger partial charge in [-0.25, -0.2) is 0 Å². The van der Waals surface area contributed by atoms with E-state index in [0.29, 0.717) is 0 Å². The number of fused-ring (bicyclic) bond motifs is 10. The minimum absolute atomic E-state index is 0.859. The normalized spacial score (nSPS) is 11.8. The molecule has 11 aromatic carbocycles. The van der Waals surface area contributed by atoms with Gasteiger partial charge < -0.3 is 13.7 Å². The summed E-state index contributed by atoms with van der Waals surface area (Å²) in [6, 6.07) is 80.4. The topological polar surface area (TPSA) is 29.5 Å². The molecule has 2 aromatic heterocycles. The molecule has 0 atom stereocenters. The third kappa shape index (κ3) is 5.60. The fraction of sp³-hybridized carbons (Fsp3) is 0. The Kier molecular flexibility index (Phi) is 7.91. The third-order valence-corrected chi connectivity index (χ3v) is 12.9. The van der Waals surface area contributed by atoms with Crippen molar-refractivity contribution in [2.45, 2.75) is 0 Å². The van der Waals surface area contributed by atoms with Crippen LogP contribution in [0.5, 0.6) is 0 Å². The van der Waals surface area contributed by atoms with E-state index in [9.17, 15) is 0 Å². The van der Waals surface area contributed by atoms with Crippen LogP contribution in [-0.4, -0.2) is 0 Å². The lowest BCUT2D eigenvalue weighted by atomic mass is 9.95. The predicted octanol–water partition coefficient (Wildman–Crippen LogP) is 17.4. The first-order valence-corrected chi connectivity index (χ1v) is 21.5. The summed E-state index contributed by atoms with van der Waals surface area (Å²) in [5.74, 6) is 0. The Morgan fingerprint density at radius 2 is 0.921 bits per heavy atom. The second-order valence-electron chi connectivity index (χ2n) is 16.4. The maximum absolute atomic E-state index is 6.93. The van der Waals surface area contributed by atoms with E-state index in [4.69, 9.17) is 8.83 Å². The van der Waals surface area contributed by atoms with Gasteiger partial charge in [0, 0.05) is 38.4 Å². The van der Waals surface area contributed by atoms with Crippen molar-refractivity contribution in [1.82, 2.24) is 0 Å². The predicted molar refractivity (Wildman–Crippen MR) is 265 cm³/mol. The lowest BCUT2D eigenvalue weighted by Gasteiger charge is -2.28. The second-order valence-corrected chi connectivity index (χ2v) is 16.4. The van der Waals surface area contributed by atoms with Crippen molar-refractivity contribution in [3.05, 3.63) is 224 Å². The van der Waals surface area contributed by atoms with Crippen molar-refractivity contribution in [3.63, 3.8) is 0 Å². The van der Waals surface area contributed by atoms with E-state index in [1.165, 1.54) is 32.3 Å². The van der Waals surface area contributed by atoms with E-state index in [-0.39, 0.29) is 0 Å². The van der Waals surface area contributed by atoms with Gasteiger partial charge in [0.15, 0.2) is 0 Å². The van der Waals surface area contributed by atoms with E-state index in [0.717, 1.165) is 94.3 Å². The lowest BCUT2D eigenvalue weighted by Crippen LogP contribution is -2.11. The van der Waals surface area contributed by atoms with E-state index in [2.05, 4.69) is 223 Å². The quantitative estimate of drug-likeness (QED) is 0.157. The van der Waals surface area contributed by atoms with Crippen LogP contribution in [0, 0.1) is 0 Å². The van der Waals surface area contributed by atoms with Crippen molar-refractivity contribution in [1.29, 1.82) is 0 Å². The Hall–Kier alpha value is -8.40. The van der Waals surface area contributed by atoms with Gasteiger partial charge in [0.05, 0.1) is 16.8 Å². The number of hydrogen-bond donors (Lipinski definition) is 0. The molecule has 3 heteroatoms. The molecule has 0 N–H and O–H groups in total. The zero-order valence-electron chi connectivity index (χ0n) is 34.1. The number of rotatable bonds is 6. The van der Waals surface area contributed by atoms with Gasteiger partial charge >= 0.3 is 0 Å². The number of benzene rings is 11. The Labute approximate surface area is 363 Å². The van der Waals surface area contributed by atoms with Crippen LogP contribution in [0.4, 0.5) is 17.1 Å². The lowest BCUT2D eigenvalue weighted by molar-refractivity contribution is 0.669. The Morgan fingerprint density at radius 3 is 1.79 bits per heavy atom. The summed E-state index contributed by atoms with van der Waals surface area (Å²) in [7, 11) is 0. The molecule has 13 aromatic rings. The van der Waals surface area contributed by atoms with Gasteiger partial charge in [-0.3, -0.25) is 0 Å². The largest absolute Gasteiger partial charge is 0.455 e. The molecule has 0 saturated carbocycles. The number of anilines is 3. The molecule has 0 bridgehead atoms. The molecule has 0 fully saturated rings. The van der Waals surface area contributed by atoms with Crippen molar-refractivity contribution < 1.29 is 8.83 Å². The van der Waals surface area contributed by atoms with E-state index >= 15 is 0 Å². The molecule has 0 saturated heterocycles. The zero-order valence-corrected chi connectivity index (χ0v) is 34.1. The number of furan rings is 2. The first-order chi connectivity index (χ1) is 31.2. The smallest absolute Gasteiger partial charge is 0.145 e. The monoisotopic (exact) mass is 803 g/mol. The standard InChI is InChI=1S/C60H37NO2/c1-2-13-40(14-3-1)46-21-11-24-51-50-34-30-42(37-57(50)63-59(46)51)38-27-31-43(32-28-38)61(54-25-12-23-47-45-19-7-5-16-41(45)29-33-49(47)54)55-36-35-52(48-22-10-17-39-15-4-6-18-44(39)48)60-58(55)53-20-8-9-26-56(53)62-60/h1-37H. The maximum Gasteiger partial charge on any atom is 0.145 e. The summed E-state index contributed by atoms with van der Waals surface area (Å²) >= 11 is 0. The molecular weight excluding hydrogens is 767 g/mol. The Balaban J connectivity index is 1.01. The fourth-order valence-electron chi connectivity index (χ4n) is 9.92. The molecule has 2 heterocycles. The second kappa shape index (κ2) is 14.1. The Bertz CT molecular complexity index is 3910. The fourth-order valence-corrected chi connectivity index (χ4v) is 9.92. The molecule has 0 aliphatic rings. The minimum Gasteiger partial charge on any atom is -0.455 e. The summed E-state index contributed by atoms with van der Waals surface area (Å²) in [5, 5.41) is 11.6. The van der Waals surface area contributed by atoms with E-state index < -0.39 is 0 Å². The van der Waals surface area contributed by atoms with Gasteiger partial charge in [-0.2, -0.15) is 0 Å². The van der Waals surface area contributed by atoms with Crippen LogP contribution < -0.4 is 4.90 Å². The molecule has 13 rings (SSSR count). The molecule has 294 valence electrons. The van der Waals surface area contributed by atoms with Crippen LogP contribution in [0.25, 0.3) is 110 Å². The first-order valence-electron chi connectivity index (χ1n) is 21.5. The highest BCUT2D eigenvalue weighted by Gasteiger charge is 2.24. The average molecular weight is 804 g/mol.